The van der Waals surface area contributed by atoms with Crippen molar-refractivity contribution >= 4 is 23.2 Å². The maximum atomic E-state index is 6.12. The first-order valence-electron chi connectivity index (χ1n) is 3.97. The van der Waals surface area contributed by atoms with Gasteiger partial charge in [0.1, 0.15) is 4.33 Å². The van der Waals surface area contributed by atoms with E-state index in [0.29, 0.717) is 5.92 Å². The summed E-state index contributed by atoms with van der Waals surface area (Å²) < 4.78 is -0.372. The standard InChI is InChI=1S/C8H12Cl2/c1-7-5-3-2-4-6(7)8(7,9)10/h6H,2-5H2,1H3. The largest absolute Gasteiger partial charge is 0.127 e. The Morgan fingerprint density at radius 3 is 2.40 bits per heavy atom. The van der Waals surface area contributed by atoms with Gasteiger partial charge in [0, 0.05) is 11.3 Å². The van der Waals surface area contributed by atoms with Crippen LogP contribution in [0, 0.1) is 11.3 Å². The van der Waals surface area contributed by atoms with Gasteiger partial charge in [-0.2, -0.15) is 0 Å². The Morgan fingerprint density at radius 1 is 1.30 bits per heavy atom. The molecule has 2 rings (SSSR count). The second-order valence-electron chi connectivity index (χ2n) is 3.84. The smallest absolute Gasteiger partial charge is 0.101 e. The third-order valence-corrected chi connectivity index (χ3v) is 4.71. The number of hydrogen-bond acceptors (Lipinski definition) is 0. The summed E-state index contributed by atoms with van der Waals surface area (Å²) in [5, 5.41) is 0. The Morgan fingerprint density at radius 2 is 2.00 bits per heavy atom. The van der Waals surface area contributed by atoms with Gasteiger partial charge in [0.15, 0.2) is 0 Å². The topological polar surface area (TPSA) is 0 Å². The van der Waals surface area contributed by atoms with E-state index in [2.05, 4.69) is 6.92 Å². The van der Waals surface area contributed by atoms with Crippen LogP contribution in [-0.4, -0.2) is 4.33 Å². The van der Waals surface area contributed by atoms with Crippen molar-refractivity contribution in [2.45, 2.75) is 36.9 Å². The summed E-state index contributed by atoms with van der Waals surface area (Å²) >= 11 is 12.2. The fourth-order valence-electron chi connectivity index (χ4n) is 2.36. The summed E-state index contributed by atoms with van der Waals surface area (Å²) in [6.45, 7) is 2.22. The molecule has 0 bridgehead atoms. The normalized spacial score (nSPS) is 50.1. The van der Waals surface area contributed by atoms with Gasteiger partial charge in [-0.15, -0.1) is 23.2 Å². The summed E-state index contributed by atoms with van der Waals surface area (Å²) in [5.41, 5.74) is 0.272. The summed E-state index contributed by atoms with van der Waals surface area (Å²) in [6, 6.07) is 0. The molecule has 0 aromatic heterocycles. The molecule has 0 radical (unpaired) electrons. The SMILES string of the molecule is CC12CCCCC1C2(Cl)Cl. The van der Waals surface area contributed by atoms with Gasteiger partial charge in [-0.1, -0.05) is 19.8 Å². The highest BCUT2D eigenvalue weighted by molar-refractivity contribution is 6.51. The summed E-state index contributed by atoms with van der Waals surface area (Å²) in [4.78, 5) is 0. The molecule has 0 spiro atoms. The number of hydrogen-bond donors (Lipinski definition) is 0. The van der Waals surface area contributed by atoms with Gasteiger partial charge in [0.2, 0.25) is 0 Å². The summed E-state index contributed by atoms with van der Waals surface area (Å²) in [5.74, 6) is 0.595. The van der Waals surface area contributed by atoms with Crippen molar-refractivity contribution < 1.29 is 0 Å². The highest BCUT2D eigenvalue weighted by Gasteiger charge is 2.72. The third kappa shape index (κ3) is 0.648. The van der Waals surface area contributed by atoms with Crippen molar-refractivity contribution in [3.05, 3.63) is 0 Å². The number of fused-ring (bicyclic) bond motifs is 1. The van der Waals surface area contributed by atoms with E-state index in [1.54, 1.807) is 0 Å². The van der Waals surface area contributed by atoms with Gasteiger partial charge >= 0.3 is 0 Å². The van der Waals surface area contributed by atoms with Crippen LogP contribution in [0.25, 0.3) is 0 Å². The molecule has 0 saturated heterocycles. The first-order valence-corrected chi connectivity index (χ1v) is 4.72. The first-order chi connectivity index (χ1) is 4.59. The Bertz CT molecular complexity index is 165. The second-order valence-corrected chi connectivity index (χ2v) is 5.22. The average Bonchev–Trinajstić information content (AvgIpc) is 2.30. The lowest BCUT2D eigenvalue weighted by molar-refractivity contribution is 0.365. The molecule has 0 heterocycles. The zero-order valence-corrected chi connectivity index (χ0v) is 7.67. The van der Waals surface area contributed by atoms with Crippen LogP contribution in [0.5, 0.6) is 0 Å². The third-order valence-electron chi connectivity index (χ3n) is 3.32. The lowest BCUT2D eigenvalue weighted by Gasteiger charge is -2.15. The molecule has 2 fully saturated rings. The maximum Gasteiger partial charge on any atom is 0.127 e. The number of halogens is 2. The Kier molecular flexibility index (Phi) is 1.33. The predicted molar refractivity (Wildman–Crippen MR) is 44.5 cm³/mol. The van der Waals surface area contributed by atoms with E-state index in [-0.39, 0.29) is 9.75 Å². The zero-order chi connectivity index (χ0) is 7.41. The second kappa shape index (κ2) is 1.84. The van der Waals surface area contributed by atoms with Crippen LogP contribution in [0.15, 0.2) is 0 Å². The quantitative estimate of drug-likeness (QED) is 0.500. The van der Waals surface area contributed by atoms with Crippen LogP contribution in [0.1, 0.15) is 32.6 Å². The maximum absolute atomic E-state index is 6.12. The molecule has 0 N–H and O–H groups in total. The van der Waals surface area contributed by atoms with Crippen molar-refractivity contribution in [1.29, 1.82) is 0 Å². The predicted octanol–water partition coefficient (Wildman–Crippen LogP) is 3.37. The van der Waals surface area contributed by atoms with Crippen molar-refractivity contribution in [3.63, 3.8) is 0 Å². The van der Waals surface area contributed by atoms with E-state index < -0.39 is 0 Å². The van der Waals surface area contributed by atoms with E-state index in [4.69, 9.17) is 23.2 Å². The van der Waals surface area contributed by atoms with E-state index in [1.165, 1.54) is 25.7 Å². The lowest BCUT2D eigenvalue weighted by atomic mass is 9.90. The van der Waals surface area contributed by atoms with Gasteiger partial charge in [0.25, 0.3) is 0 Å². The lowest BCUT2D eigenvalue weighted by Crippen LogP contribution is -2.06. The zero-order valence-electron chi connectivity index (χ0n) is 6.16. The molecule has 0 aromatic carbocycles. The fraction of sp³-hybridized carbons (Fsp3) is 1.00. The molecular weight excluding hydrogens is 167 g/mol. The van der Waals surface area contributed by atoms with Crippen LogP contribution >= 0.6 is 23.2 Å². The average molecular weight is 179 g/mol. The van der Waals surface area contributed by atoms with Crippen LogP contribution in [-0.2, 0) is 0 Å². The molecule has 2 saturated carbocycles. The van der Waals surface area contributed by atoms with E-state index in [1.807, 2.05) is 0 Å². The molecule has 0 aromatic rings. The van der Waals surface area contributed by atoms with Gasteiger partial charge in [-0.05, 0) is 12.8 Å². The molecule has 58 valence electrons. The van der Waals surface area contributed by atoms with Gasteiger partial charge in [0.05, 0.1) is 0 Å². The molecule has 2 heteroatoms. The van der Waals surface area contributed by atoms with Crippen LogP contribution in [0.4, 0.5) is 0 Å². The van der Waals surface area contributed by atoms with Gasteiger partial charge in [-0.3, -0.25) is 0 Å². The van der Waals surface area contributed by atoms with E-state index in [0.717, 1.165) is 0 Å². The molecular formula is C8H12Cl2. The fourth-order valence-corrected chi connectivity index (χ4v) is 3.40. The number of rotatable bonds is 0. The molecule has 0 nitrogen and oxygen atoms in total. The molecule has 0 amide bonds. The molecule has 2 atom stereocenters. The van der Waals surface area contributed by atoms with E-state index >= 15 is 0 Å². The Balaban J connectivity index is 2.20. The van der Waals surface area contributed by atoms with Crippen LogP contribution in [0.3, 0.4) is 0 Å². The number of alkyl halides is 2. The van der Waals surface area contributed by atoms with Crippen LogP contribution in [0.2, 0.25) is 0 Å². The minimum absolute atomic E-state index is 0.272. The minimum Gasteiger partial charge on any atom is -0.101 e. The summed E-state index contributed by atoms with van der Waals surface area (Å²) in [7, 11) is 0. The minimum atomic E-state index is -0.372. The van der Waals surface area contributed by atoms with Gasteiger partial charge in [-0.25, -0.2) is 0 Å². The Hall–Kier alpha value is 0.580. The first kappa shape index (κ1) is 7.24. The summed E-state index contributed by atoms with van der Waals surface area (Å²) in [6.07, 6.45) is 5.10. The van der Waals surface area contributed by atoms with E-state index in [9.17, 15) is 0 Å². The highest BCUT2D eigenvalue weighted by Crippen LogP contribution is 2.74. The van der Waals surface area contributed by atoms with Crippen molar-refractivity contribution in [2.75, 3.05) is 0 Å². The highest BCUT2D eigenvalue weighted by atomic mass is 35.5. The van der Waals surface area contributed by atoms with Crippen molar-refractivity contribution in [3.8, 4) is 0 Å². The molecule has 0 aliphatic heterocycles. The van der Waals surface area contributed by atoms with Crippen molar-refractivity contribution in [1.82, 2.24) is 0 Å². The monoisotopic (exact) mass is 178 g/mol. The van der Waals surface area contributed by atoms with Gasteiger partial charge < -0.3 is 0 Å². The van der Waals surface area contributed by atoms with Crippen molar-refractivity contribution in [2.24, 2.45) is 11.3 Å². The molecule has 2 aliphatic carbocycles. The van der Waals surface area contributed by atoms with Crippen LogP contribution < -0.4 is 0 Å². The Labute approximate surface area is 71.9 Å². The molecule has 10 heavy (non-hydrogen) atoms. The molecule has 2 unspecified atom stereocenters. The molecule has 2 aliphatic rings.